The number of pyridine rings is 1. The quantitative estimate of drug-likeness (QED) is 0.909. The highest BCUT2D eigenvalue weighted by Gasteiger charge is 2.15. The van der Waals surface area contributed by atoms with E-state index in [-0.39, 0.29) is 6.04 Å². The molecule has 0 aliphatic rings. The minimum Gasteiger partial charge on any atom is -0.479 e. The maximum atomic E-state index is 5.36. The van der Waals surface area contributed by atoms with Crippen molar-refractivity contribution in [1.82, 2.24) is 4.98 Å². The molecule has 2 aromatic heterocycles. The van der Waals surface area contributed by atoms with Gasteiger partial charge in [0.1, 0.15) is 5.69 Å². The minimum absolute atomic E-state index is 0.219. The molecule has 0 saturated carbocycles. The first-order chi connectivity index (χ1) is 9.13. The van der Waals surface area contributed by atoms with Crippen LogP contribution in [0.4, 0.5) is 11.4 Å². The van der Waals surface area contributed by atoms with Gasteiger partial charge < -0.3 is 15.0 Å². The van der Waals surface area contributed by atoms with E-state index in [1.54, 1.807) is 24.6 Å². The summed E-state index contributed by atoms with van der Waals surface area (Å²) in [5, 5.41) is 5.58. The molecular formula is C14H19N3OS. The molecule has 19 heavy (non-hydrogen) atoms. The van der Waals surface area contributed by atoms with Crippen molar-refractivity contribution in [2.24, 2.45) is 0 Å². The van der Waals surface area contributed by atoms with Gasteiger partial charge in [0, 0.05) is 25.2 Å². The number of nitrogens with zero attached hydrogens (tertiary/aromatic N) is 2. The first kappa shape index (κ1) is 13.7. The summed E-state index contributed by atoms with van der Waals surface area (Å²) in [5.41, 5.74) is 1.99. The fourth-order valence-electron chi connectivity index (χ4n) is 1.92. The zero-order valence-corrected chi connectivity index (χ0v) is 12.5. The van der Waals surface area contributed by atoms with E-state index in [0.29, 0.717) is 5.88 Å². The highest BCUT2D eigenvalue weighted by Crippen LogP contribution is 2.35. The first-order valence-corrected chi connectivity index (χ1v) is 7.01. The molecule has 0 aromatic carbocycles. The smallest absolute Gasteiger partial charge is 0.239 e. The molecule has 1 N–H and O–H groups in total. The lowest BCUT2D eigenvalue weighted by Gasteiger charge is -2.22. The van der Waals surface area contributed by atoms with E-state index in [2.05, 4.69) is 34.7 Å². The summed E-state index contributed by atoms with van der Waals surface area (Å²) in [6.07, 6.45) is 1.76. The molecule has 0 bridgehead atoms. The predicted molar refractivity (Wildman–Crippen MR) is 81.5 cm³/mol. The Bertz CT molecular complexity index is 525. The van der Waals surface area contributed by atoms with Gasteiger partial charge in [0.15, 0.2) is 0 Å². The monoisotopic (exact) mass is 277 g/mol. The van der Waals surface area contributed by atoms with Crippen LogP contribution in [0.3, 0.4) is 0 Å². The predicted octanol–water partition coefficient (Wildman–Crippen LogP) is 3.39. The van der Waals surface area contributed by atoms with Crippen LogP contribution in [-0.2, 0) is 0 Å². The third-order valence-corrected chi connectivity index (χ3v) is 3.96. The van der Waals surface area contributed by atoms with Gasteiger partial charge in [0.2, 0.25) is 5.88 Å². The van der Waals surface area contributed by atoms with Gasteiger partial charge in [-0.3, -0.25) is 0 Å². The van der Waals surface area contributed by atoms with Crippen LogP contribution in [0.1, 0.15) is 17.8 Å². The number of ether oxygens (including phenoxy) is 1. The van der Waals surface area contributed by atoms with Gasteiger partial charge >= 0.3 is 0 Å². The van der Waals surface area contributed by atoms with Crippen molar-refractivity contribution < 1.29 is 4.74 Å². The number of thiophene rings is 1. The molecule has 102 valence electrons. The Morgan fingerprint density at radius 2 is 2.16 bits per heavy atom. The lowest BCUT2D eigenvalue weighted by atomic mass is 10.2. The van der Waals surface area contributed by atoms with E-state index in [1.165, 1.54) is 4.88 Å². The number of anilines is 2. The largest absolute Gasteiger partial charge is 0.479 e. The summed E-state index contributed by atoms with van der Waals surface area (Å²) in [7, 11) is 5.66. The van der Waals surface area contributed by atoms with Crippen LogP contribution < -0.4 is 15.0 Å². The number of aromatic nitrogens is 1. The molecule has 1 unspecified atom stereocenters. The average molecular weight is 277 g/mol. The van der Waals surface area contributed by atoms with Crippen LogP contribution in [0, 0.1) is 0 Å². The molecule has 2 heterocycles. The van der Waals surface area contributed by atoms with Gasteiger partial charge in [-0.15, -0.1) is 11.3 Å². The first-order valence-electron chi connectivity index (χ1n) is 6.13. The highest BCUT2D eigenvalue weighted by atomic mass is 32.1. The Hall–Kier alpha value is -1.75. The van der Waals surface area contributed by atoms with Crippen molar-refractivity contribution in [1.29, 1.82) is 0 Å². The van der Waals surface area contributed by atoms with Crippen LogP contribution in [-0.4, -0.2) is 26.2 Å². The van der Waals surface area contributed by atoms with Gasteiger partial charge in [-0.2, -0.15) is 0 Å². The van der Waals surface area contributed by atoms with E-state index in [9.17, 15) is 0 Å². The molecule has 5 heteroatoms. The van der Waals surface area contributed by atoms with E-state index in [1.807, 2.05) is 25.1 Å². The van der Waals surface area contributed by atoms with Crippen LogP contribution in [0.5, 0.6) is 5.88 Å². The van der Waals surface area contributed by atoms with E-state index >= 15 is 0 Å². The summed E-state index contributed by atoms with van der Waals surface area (Å²) < 4.78 is 5.36. The van der Waals surface area contributed by atoms with E-state index < -0.39 is 0 Å². The highest BCUT2D eigenvalue weighted by molar-refractivity contribution is 7.10. The summed E-state index contributed by atoms with van der Waals surface area (Å²) in [6, 6.07) is 6.38. The second kappa shape index (κ2) is 5.93. The van der Waals surface area contributed by atoms with Crippen molar-refractivity contribution in [2.45, 2.75) is 13.0 Å². The molecule has 0 aliphatic carbocycles. The summed E-state index contributed by atoms with van der Waals surface area (Å²) >= 11 is 1.74. The van der Waals surface area contributed by atoms with Crippen molar-refractivity contribution in [3.63, 3.8) is 0 Å². The van der Waals surface area contributed by atoms with Gasteiger partial charge in [0.05, 0.1) is 18.8 Å². The molecule has 0 radical (unpaired) electrons. The Balaban J connectivity index is 2.32. The fraction of sp³-hybridized carbons (Fsp3) is 0.357. The Morgan fingerprint density at radius 3 is 2.74 bits per heavy atom. The minimum atomic E-state index is 0.219. The van der Waals surface area contributed by atoms with Crippen LogP contribution in [0.25, 0.3) is 0 Å². The van der Waals surface area contributed by atoms with Crippen molar-refractivity contribution >= 4 is 22.7 Å². The molecule has 0 fully saturated rings. The Labute approximate surface area is 118 Å². The summed E-state index contributed by atoms with van der Waals surface area (Å²) in [5.74, 6) is 0.620. The van der Waals surface area contributed by atoms with Crippen LogP contribution in [0.2, 0.25) is 0 Å². The molecule has 0 aliphatic heterocycles. The Morgan fingerprint density at radius 1 is 1.37 bits per heavy atom. The fourth-order valence-corrected chi connectivity index (χ4v) is 2.66. The number of rotatable bonds is 5. The van der Waals surface area contributed by atoms with Crippen LogP contribution in [0.15, 0.2) is 29.8 Å². The average Bonchev–Trinajstić information content (AvgIpc) is 2.92. The lowest BCUT2D eigenvalue weighted by molar-refractivity contribution is 0.399. The van der Waals surface area contributed by atoms with Crippen molar-refractivity contribution in [3.05, 3.63) is 34.7 Å². The number of methoxy groups -OCH3 is 1. The third kappa shape index (κ3) is 2.98. The molecule has 1 atom stereocenters. The molecule has 0 saturated heterocycles. The molecule has 4 nitrogen and oxygen atoms in total. The van der Waals surface area contributed by atoms with Gasteiger partial charge in [-0.1, -0.05) is 6.07 Å². The van der Waals surface area contributed by atoms with Crippen molar-refractivity contribution in [2.75, 3.05) is 31.4 Å². The van der Waals surface area contributed by atoms with Crippen LogP contribution >= 0.6 is 11.3 Å². The topological polar surface area (TPSA) is 37.4 Å². The number of nitrogens with one attached hydrogen (secondary N) is 1. The number of hydrogen-bond acceptors (Lipinski definition) is 5. The number of hydrogen-bond donors (Lipinski definition) is 1. The molecule has 2 rings (SSSR count). The molecule has 2 aromatic rings. The molecular weight excluding hydrogens is 258 g/mol. The summed E-state index contributed by atoms with van der Waals surface area (Å²) in [4.78, 5) is 7.60. The Kier molecular flexibility index (Phi) is 4.27. The van der Waals surface area contributed by atoms with E-state index in [4.69, 9.17) is 4.74 Å². The maximum Gasteiger partial charge on any atom is 0.239 e. The maximum absolute atomic E-state index is 5.36. The van der Waals surface area contributed by atoms with Gasteiger partial charge in [-0.05, 0) is 24.4 Å². The van der Waals surface area contributed by atoms with Gasteiger partial charge in [-0.25, -0.2) is 4.98 Å². The summed E-state index contributed by atoms with van der Waals surface area (Å²) in [6.45, 7) is 2.14. The molecule has 0 spiro atoms. The lowest BCUT2D eigenvalue weighted by Crippen LogP contribution is -2.15. The second-order valence-corrected chi connectivity index (χ2v) is 5.47. The zero-order valence-electron chi connectivity index (χ0n) is 11.7. The van der Waals surface area contributed by atoms with E-state index in [0.717, 1.165) is 11.4 Å². The molecule has 0 amide bonds. The third-order valence-electron chi connectivity index (χ3n) is 2.90. The second-order valence-electron chi connectivity index (χ2n) is 4.49. The van der Waals surface area contributed by atoms with Crippen molar-refractivity contribution in [3.8, 4) is 5.88 Å². The normalized spacial score (nSPS) is 12.0. The standard InChI is InChI=1S/C14H19N3OS/c1-10(12-6-5-9-19-12)16-13-11(17(2)3)7-8-15-14(13)18-4/h5-10,16H,1-4H3. The van der Waals surface area contributed by atoms with Gasteiger partial charge in [0.25, 0.3) is 0 Å². The zero-order chi connectivity index (χ0) is 13.8. The SMILES string of the molecule is COc1nccc(N(C)C)c1NC(C)c1cccs1.